The fourth-order valence-corrected chi connectivity index (χ4v) is 3.66. The molecule has 7 heteroatoms. The predicted molar refractivity (Wildman–Crippen MR) is 80.5 cm³/mol. The molecule has 0 radical (unpaired) electrons. The zero-order valence-corrected chi connectivity index (χ0v) is 12.8. The SMILES string of the molecule is Cc1cc(N2C(=O)CSC2c2c(F)cccc2F)nc(C)n1. The molecule has 22 heavy (non-hydrogen) atoms. The van der Waals surface area contributed by atoms with Crippen molar-refractivity contribution in [3.05, 3.63) is 53.0 Å². The van der Waals surface area contributed by atoms with Crippen LogP contribution >= 0.6 is 11.8 Å². The van der Waals surface area contributed by atoms with Crippen LogP contribution in [0.4, 0.5) is 14.6 Å². The summed E-state index contributed by atoms with van der Waals surface area (Å²) in [6, 6.07) is 5.33. The molecule has 1 saturated heterocycles. The summed E-state index contributed by atoms with van der Waals surface area (Å²) in [6.45, 7) is 3.49. The standard InChI is InChI=1S/C15H13F2N3OS/c1-8-6-12(19-9(2)18-8)20-13(21)7-22-15(20)14-10(16)4-3-5-11(14)17/h3-6,15H,7H2,1-2H3. The van der Waals surface area contributed by atoms with Crippen LogP contribution in [0.1, 0.15) is 22.5 Å². The van der Waals surface area contributed by atoms with Gasteiger partial charge in [-0.25, -0.2) is 18.7 Å². The van der Waals surface area contributed by atoms with Crippen LogP contribution in [0.2, 0.25) is 0 Å². The van der Waals surface area contributed by atoms with Crippen LogP contribution in [0.3, 0.4) is 0 Å². The van der Waals surface area contributed by atoms with Gasteiger partial charge in [0.1, 0.15) is 28.7 Å². The molecular weight excluding hydrogens is 308 g/mol. The first-order valence-corrected chi connectivity index (χ1v) is 7.72. The Morgan fingerprint density at radius 2 is 1.91 bits per heavy atom. The molecule has 0 spiro atoms. The van der Waals surface area contributed by atoms with Crippen molar-refractivity contribution in [2.24, 2.45) is 0 Å². The van der Waals surface area contributed by atoms with E-state index in [1.807, 2.05) is 0 Å². The lowest BCUT2D eigenvalue weighted by Gasteiger charge is -2.24. The van der Waals surface area contributed by atoms with Crippen LogP contribution in [0.5, 0.6) is 0 Å². The monoisotopic (exact) mass is 321 g/mol. The first-order chi connectivity index (χ1) is 10.5. The fourth-order valence-electron chi connectivity index (χ4n) is 2.45. The van der Waals surface area contributed by atoms with E-state index < -0.39 is 17.0 Å². The van der Waals surface area contributed by atoms with Gasteiger partial charge in [0.25, 0.3) is 0 Å². The van der Waals surface area contributed by atoms with Crippen LogP contribution in [-0.2, 0) is 4.79 Å². The molecule has 4 nitrogen and oxygen atoms in total. The van der Waals surface area contributed by atoms with Gasteiger partial charge in [0, 0.05) is 11.8 Å². The van der Waals surface area contributed by atoms with Gasteiger partial charge >= 0.3 is 0 Å². The summed E-state index contributed by atoms with van der Waals surface area (Å²) in [4.78, 5) is 21.9. The summed E-state index contributed by atoms with van der Waals surface area (Å²) in [5.74, 6) is -0.532. The van der Waals surface area contributed by atoms with Crippen LogP contribution in [-0.4, -0.2) is 21.6 Å². The maximum Gasteiger partial charge on any atom is 0.239 e. The quantitative estimate of drug-likeness (QED) is 0.852. The smallest absolute Gasteiger partial charge is 0.239 e. The average molecular weight is 321 g/mol. The molecular formula is C15H13F2N3OS. The minimum atomic E-state index is -0.762. The lowest BCUT2D eigenvalue weighted by atomic mass is 10.1. The molecule has 1 unspecified atom stereocenters. The predicted octanol–water partition coefficient (Wildman–Crippen LogP) is 3.15. The van der Waals surface area contributed by atoms with E-state index >= 15 is 0 Å². The van der Waals surface area contributed by atoms with E-state index in [0.717, 1.165) is 0 Å². The Bertz CT molecular complexity index is 713. The largest absolute Gasteiger partial charge is 0.279 e. The Kier molecular flexibility index (Phi) is 3.82. The van der Waals surface area contributed by atoms with E-state index in [1.54, 1.807) is 19.9 Å². The van der Waals surface area contributed by atoms with E-state index in [2.05, 4.69) is 9.97 Å². The number of anilines is 1. The summed E-state index contributed by atoms with van der Waals surface area (Å²) < 4.78 is 28.1. The van der Waals surface area contributed by atoms with E-state index in [0.29, 0.717) is 17.3 Å². The fraction of sp³-hybridized carbons (Fsp3) is 0.267. The van der Waals surface area contributed by atoms with Gasteiger partial charge in [-0.05, 0) is 26.0 Å². The second kappa shape index (κ2) is 5.64. The van der Waals surface area contributed by atoms with Gasteiger partial charge in [-0.15, -0.1) is 11.8 Å². The number of thioether (sulfide) groups is 1. The van der Waals surface area contributed by atoms with Gasteiger partial charge in [0.15, 0.2) is 0 Å². The second-order valence-electron chi connectivity index (χ2n) is 4.98. The molecule has 1 aliphatic rings. The Balaban J connectivity index is 2.10. The third kappa shape index (κ3) is 2.56. The van der Waals surface area contributed by atoms with Crippen molar-refractivity contribution in [3.63, 3.8) is 0 Å². The second-order valence-corrected chi connectivity index (χ2v) is 6.05. The Hall–Kier alpha value is -2.02. The molecule has 1 amide bonds. The van der Waals surface area contributed by atoms with E-state index in [9.17, 15) is 13.6 Å². The Morgan fingerprint density at radius 1 is 1.23 bits per heavy atom. The van der Waals surface area contributed by atoms with Crippen LogP contribution in [0.25, 0.3) is 0 Å². The summed E-state index contributed by atoms with van der Waals surface area (Å²) >= 11 is 1.18. The molecule has 3 rings (SSSR count). The first kappa shape index (κ1) is 14.9. The molecule has 2 heterocycles. The van der Waals surface area contributed by atoms with E-state index in [-0.39, 0.29) is 17.2 Å². The van der Waals surface area contributed by atoms with E-state index in [4.69, 9.17) is 0 Å². The topological polar surface area (TPSA) is 46.1 Å². The molecule has 0 N–H and O–H groups in total. The lowest BCUT2D eigenvalue weighted by molar-refractivity contribution is -0.115. The number of aromatic nitrogens is 2. The highest BCUT2D eigenvalue weighted by Gasteiger charge is 2.38. The van der Waals surface area contributed by atoms with Crippen molar-refractivity contribution in [2.45, 2.75) is 19.2 Å². The van der Waals surface area contributed by atoms with Gasteiger partial charge in [-0.1, -0.05) is 6.07 Å². The molecule has 114 valence electrons. The number of hydrogen-bond donors (Lipinski definition) is 0. The van der Waals surface area contributed by atoms with E-state index in [1.165, 1.54) is 34.9 Å². The summed E-state index contributed by atoms with van der Waals surface area (Å²) in [7, 11) is 0. The van der Waals surface area contributed by atoms with Crippen molar-refractivity contribution in [3.8, 4) is 0 Å². The first-order valence-electron chi connectivity index (χ1n) is 6.67. The molecule has 1 fully saturated rings. The number of hydrogen-bond acceptors (Lipinski definition) is 4. The van der Waals surface area contributed by atoms with Crippen molar-refractivity contribution in [2.75, 3.05) is 10.7 Å². The number of aryl methyl sites for hydroxylation is 2. The molecule has 2 aromatic rings. The van der Waals surface area contributed by atoms with Crippen LogP contribution in [0, 0.1) is 25.5 Å². The average Bonchev–Trinajstić information content (AvgIpc) is 2.79. The molecule has 1 aliphatic heterocycles. The summed E-state index contributed by atoms with van der Waals surface area (Å²) in [5, 5.41) is -0.762. The molecule has 1 atom stereocenters. The molecule has 0 aliphatic carbocycles. The van der Waals surface area contributed by atoms with Crippen molar-refractivity contribution < 1.29 is 13.6 Å². The highest BCUT2D eigenvalue weighted by atomic mass is 32.2. The van der Waals surface area contributed by atoms with Gasteiger partial charge in [0.05, 0.1) is 11.3 Å². The van der Waals surface area contributed by atoms with Gasteiger partial charge in [-0.3, -0.25) is 9.69 Å². The van der Waals surface area contributed by atoms with Gasteiger partial charge in [0.2, 0.25) is 5.91 Å². The highest BCUT2D eigenvalue weighted by molar-refractivity contribution is 8.00. The molecule has 0 bridgehead atoms. The third-order valence-corrected chi connectivity index (χ3v) is 4.49. The number of carbonyl (C=O) groups excluding carboxylic acids is 1. The Labute approximate surface area is 130 Å². The third-order valence-electron chi connectivity index (χ3n) is 3.31. The summed E-state index contributed by atoms with van der Waals surface area (Å²) in [5.41, 5.74) is 0.576. The lowest BCUT2D eigenvalue weighted by Crippen LogP contribution is -2.30. The normalized spacial score (nSPS) is 18.1. The van der Waals surface area contributed by atoms with Gasteiger partial charge in [-0.2, -0.15) is 0 Å². The highest BCUT2D eigenvalue weighted by Crippen LogP contribution is 2.42. The summed E-state index contributed by atoms with van der Waals surface area (Å²) in [6.07, 6.45) is 0. The minimum absolute atomic E-state index is 0.118. The van der Waals surface area contributed by atoms with Crippen molar-refractivity contribution in [1.29, 1.82) is 0 Å². The number of nitrogens with zero attached hydrogens (tertiary/aromatic N) is 3. The van der Waals surface area contributed by atoms with Crippen molar-refractivity contribution in [1.82, 2.24) is 9.97 Å². The maximum atomic E-state index is 14.1. The van der Waals surface area contributed by atoms with Crippen LogP contribution < -0.4 is 4.90 Å². The number of rotatable bonds is 2. The number of carbonyl (C=O) groups is 1. The number of benzene rings is 1. The molecule has 1 aromatic carbocycles. The zero-order valence-electron chi connectivity index (χ0n) is 12.0. The molecule has 0 saturated carbocycles. The van der Waals surface area contributed by atoms with Crippen LogP contribution in [0.15, 0.2) is 24.3 Å². The Morgan fingerprint density at radius 3 is 2.55 bits per heavy atom. The minimum Gasteiger partial charge on any atom is -0.279 e. The number of amides is 1. The maximum absolute atomic E-state index is 14.1. The zero-order chi connectivity index (χ0) is 15.9. The molecule has 1 aromatic heterocycles. The number of halogens is 2. The van der Waals surface area contributed by atoms with Gasteiger partial charge < -0.3 is 0 Å². The van der Waals surface area contributed by atoms with Crippen molar-refractivity contribution >= 4 is 23.5 Å².